The molecule has 0 aliphatic carbocycles. The third-order valence-corrected chi connectivity index (χ3v) is 4.62. The van der Waals surface area contributed by atoms with E-state index in [1.54, 1.807) is 0 Å². The zero-order valence-electron chi connectivity index (χ0n) is 15.6. The molecule has 25 heavy (non-hydrogen) atoms. The van der Waals surface area contributed by atoms with Crippen LogP contribution in [0.2, 0.25) is 0 Å². The molecule has 0 spiro atoms. The Balaban J connectivity index is 1.72. The van der Waals surface area contributed by atoms with Crippen LogP contribution < -0.4 is 5.32 Å². The van der Waals surface area contributed by atoms with Gasteiger partial charge in [-0.05, 0) is 57.7 Å². The fourth-order valence-corrected chi connectivity index (χ4v) is 3.23. The molecule has 1 heterocycles. The van der Waals surface area contributed by atoms with Crippen molar-refractivity contribution in [2.24, 2.45) is 0 Å². The molecule has 0 bridgehead atoms. The number of nitrogens with one attached hydrogen (secondary N) is 1. The molecular formula is C22H29N3. The SMILES string of the molecule is Cc1ccc(Cn2cc(CNCCCN(C)C)c3ccccc32)cc1. The van der Waals surface area contributed by atoms with E-state index in [0.717, 1.165) is 26.2 Å². The second-order valence-electron chi connectivity index (χ2n) is 7.12. The van der Waals surface area contributed by atoms with Crippen LogP contribution in [0.25, 0.3) is 10.9 Å². The van der Waals surface area contributed by atoms with E-state index in [9.17, 15) is 0 Å². The lowest BCUT2D eigenvalue weighted by Crippen LogP contribution is -2.20. The summed E-state index contributed by atoms with van der Waals surface area (Å²) in [6.45, 7) is 6.16. The van der Waals surface area contributed by atoms with Crippen molar-refractivity contribution in [2.75, 3.05) is 27.2 Å². The third kappa shape index (κ3) is 4.71. The van der Waals surface area contributed by atoms with Crippen LogP contribution in [0.4, 0.5) is 0 Å². The van der Waals surface area contributed by atoms with Crippen LogP contribution in [0.1, 0.15) is 23.1 Å². The normalized spacial score (nSPS) is 11.5. The summed E-state index contributed by atoms with van der Waals surface area (Å²) in [5, 5.41) is 4.95. The van der Waals surface area contributed by atoms with Gasteiger partial charge in [-0.2, -0.15) is 0 Å². The van der Waals surface area contributed by atoms with Crippen molar-refractivity contribution in [2.45, 2.75) is 26.4 Å². The van der Waals surface area contributed by atoms with Gasteiger partial charge in [0.05, 0.1) is 0 Å². The molecule has 0 amide bonds. The molecule has 0 atom stereocenters. The maximum atomic E-state index is 3.59. The minimum atomic E-state index is 0.918. The highest BCUT2D eigenvalue weighted by atomic mass is 15.1. The number of nitrogens with zero attached hydrogens (tertiary/aromatic N) is 2. The highest BCUT2D eigenvalue weighted by Gasteiger charge is 2.08. The van der Waals surface area contributed by atoms with Gasteiger partial charge in [0, 0.05) is 30.2 Å². The Morgan fingerprint density at radius 2 is 1.76 bits per heavy atom. The van der Waals surface area contributed by atoms with E-state index in [-0.39, 0.29) is 0 Å². The Morgan fingerprint density at radius 3 is 2.52 bits per heavy atom. The molecule has 0 saturated carbocycles. The molecule has 0 aliphatic heterocycles. The van der Waals surface area contributed by atoms with E-state index in [2.05, 4.69) is 90.5 Å². The molecule has 1 N–H and O–H groups in total. The van der Waals surface area contributed by atoms with Crippen LogP contribution in [0, 0.1) is 6.92 Å². The van der Waals surface area contributed by atoms with Gasteiger partial charge in [-0.25, -0.2) is 0 Å². The molecule has 1 aromatic heterocycles. The summed E-state index contributed by atoms with van der Waals surface area (Å²) >= 11 is 0. The highest BCUT2D eigenvalue weighted by molar-refractivity contribution is 5.84. The second-order valence-corrected chi connectivity index (χ2v) is 7.12. The highest BCUT2D eigenvalue weighted by Crippen LogP contribution is 2.22. The van der Waals surface area contributed by atoms with E-state index in [0.29, 0.717) is 0 Å². The number of fused-ring (bicyclic) bond motifs is 1. The quantitative estimate of drug-likeness (QED) is 0.627. The van der Waals surface area contributed by atoms with Gasteiger partial charge in [0.2, 0.25) is 0 Å². The van der Waals surface area contributed by atoms with Gasteiger partial charge in [-0.3, -0.25) is 0 Å². The van der Waals surface area contributed by atoms with Crippen LogP contribution in [0.15, 0.2) is 54.7 Å². The summed E-state index contributed by atoms with van der Waals surface area (Å²) in [5.41, 5.74) is 5.35. The molecule has 0 saturated heterocycles. The first-order valence-electron chi connectivity index (χ1n) is 9.11. The Bertz CT molecular complexity index is 800. The Kier molecular flexibility index (Phi) is 5.90. The van der Waals surface area contributed by atoms with Gasteiger partial charge >= 0.3 is 0 Å². The van der Waals surface area contributed by atoms with Crippen molar-refractivity contribution >= 4 is 10.9 Å². The lowest BCUT2D eigenvalue weighted by atomic mass is 10.1. The smallest absolute Gasteiger partial charge is 0.0486 e. The molecular weight excluding hydrogens is 306 g/mol. The minimum absolute atomic E-state index is 0.918. The molecule has 2 aromatic carbocycles. The van der Waals surface area contributed by atoms with Gasteiger partial charge in [-0.1, -0.05) is 48.0 Å². The van der Waals surface area contributed by atoms with Crippen LogP contribution in [-0.2, 0) is 13.1 Å². The minimum Gasteiger partial charge on any atom is -0.343 e. The number of hydrogen-bond donors (Lipinski definition) is 1. The fourth-order valence-electron chi connectivity index (χ4n) is 3.23. The first-order valence-corrected chi connectivity index (χ1v) is 9.11. The molecule has 3 heteroatoms. The number of aromatic nitrogens is 1. The lowest BCUT2D eigenvalue weighted by molar-refractivity contribution is 0.394. The van der Waals surface area contributed by atoms with Crippen LogP contribution in [0.3, 0.4) is 0 Å². The zero-order valence-corrected chi connectivity index (χ0v) is 15.6. The predicted molar refractivity (Wildman–Crippen MR) is 107 cm³/mol. The molecule has 132 valence electrons. The summed E-state index contributed by atoms with van der Waals surface area (Å²) in [4.78, 5) is 2.23. The molecule has 0 aliphatic rings. The number of rotatable bonds is 8. The van der Waals surface area contributed by atoms with Gasteiger partial charge in [0.1, 0.15) is 0 Å². The summed E-state index contributed by atoms with van der Waals surface area (Å²) < 4.78 is 2.37. The molecule has 0 fully saturated rings. The molecule has 3 nitrogen and oxygen atoms in total. The average Bonchev–Trinajstić information content (AvgIpc) is 2.94. The van der Waals surface area contributed by atoms with Crippen molar-refractivity contribution in [3.05, 3.63) is 71.4 Å². The van der Waals surface area contributed by atoms with Crippen LogP contribution >= 0.6 is 0 Å². The molecule has 0 unspecified atom stereocenters. The van der Waals surface area contributed by atoms with E-state index in [4.69, 9.17) is 0 Å². The third-order valence-electron chi connectivity index (χ3n) is 4.62. The number of aryl methyl sites for hydroxylation is 1. The fraction of sp³-hybridized carbons (Fsp3) is 0.364. The zero-order chi connectivity index (χ0) is 17.6. The topological polar surface area (TPSA) is 20.2 Å². The Hall–Kier alpha value is -2.10. The molecule has 3 rings (SSSR count). The predicted octanol–water partition coefficient (Wildman–Crippen LogP) is 4.04. The average molecular weight is 335 g/mol. The van der Waals surface area contributed by atoms with Gasteiger partial charge in [0.25, 0.3) is 0 Å². The van der Waals surface area contributed by atoms with E-state index < -0.39 is 0 Å². The molecule has 3 aromatic rings. The van der Waals surface area contributed by atoms with Crippen molar-refractivity contribution < 1.29 is 0 Å². The summed E-state index contributed by atoms with van der Waals surface area (Å²) in [6, 6.07) is 17.5. The van der Waals surface area contributed by atoms with Crippen molar-refractivity contribution in [3.8, 4) is 0 Å². The largest absolute Gasteiger partial charge is 0.343 e. The van der Waals surface area contributed by atoms with Gasteiger partial charge < -0.3 is 14.8 Å². The summed E-state index contributed by atoms with van der Waals surface area (Å²) in [5.74, 6) is 0. The maximum absolute atomic E-state index is 3.59. The van der Waals surface area contributed by atoms with Crippen molar-refractivity contribution in [1.82, 2.24) is 14.8 Å². The number of para-hydroxylation sites is 1. The van der Waals surface area contributed by atoms with E-state index in [1.807, 2.05) is 0 Å². The van der Waals surface area contributed by atoms with Crippen LogP contribution in [-0.4, -0.2) is 36.7 Å². The van der Waals surface area contributed by atoms with E-state index in [1.165, 1.54) is 34.0 Å². The lowest BCUT2D eigenvalue weighted by Gasteiger charge is -2.09. The maximum Gasteiger partial charge on any atom is 0.0486 e. The van der Waals surface area contributed by atoms with Gasteiger partial charge in [-0.15, -0.1) is 0 Å². The summed E-state index contributed by atoms with van der Waals surface area (Å²) in [7, 11) is 4.25. The summed E-state index contributed by atoms with van der Waals surface area (Å²) in [6.07, 6.45) is 3.48. The van der Waals surface area contributed by atoms with Crippen molar-refractivity contribution in [1.29, 1.82) is 0 Å². The number of hydrogen-bond acceptors (Lipinski definition) is 2. The number of benzene rings is 2. The van der Waals surface area contributed by atoms with Gasteiger partial charge in [0.15, 0.2) is 0 Å². The second kappa shape index (κ2) is 8.32. The van der Waals surface area contributed by atoms with E-state index >= 15 is 0 Å². The van der Waals surface area contributed by atoms with Crippen molar-refractivity contribution in [3.63, 3.8) is 0 Å². The first kappa shape index (κ1) is 17.7. The first-order chi connectivity index (χ1) is 12.1. The Labute approximate surface area is 151 Å². The standard InChI is InChI=1S/C22H29N3/c1-18-9-11-19(12-10-18)16-25-17-20(15-23-13-6-14-24(2)3)21-7-4-5-8-22(21)25/h4-5,7-12,17,23H,6,13-16H2,1-3H3. The monoisotopic (exact) mass is 335 g/mol. The molecule has 0 radical (unpaired) electrons. The van der Waals surface area contributed by atoms with Crippen LogP contribution in [0.5, 0.6) is 0 Å². The Morgan fingerprint density at radius 1 is 1.00 bits per heavy atom.